The van der Waals surface area contributed by atoms with E-state index in [1.807, 2.05) is 19.1 Å². The van der Waals surface area contributed by atoms with Gasteiger partial charge in [-0.3, -0.25) is 4.90 Å². The van der Waals surface area contributed by atoms with E-state index in [1.54, 1.807) is 6.07 Å². The molecule has 0 aromatic heterocycles. The van der Waals surface area contributed by atoms with Crippen LogP contribution in [0.15, 0.2) is 18.2 Å². The van der Waals surface area contributed by atoms with Crippen LogP contribution in [0.3, 0.4) is 0 Å². The molecule has 0 aliphatic carbocycles. The summed E-state index contributed by atoms with van der Waals surface area (Å²) in [7, 11) is 0. The average molecular weight is 250 g/mol. The van der Waals surface area contributed by atoms with Crippen LogP contribution in [-0.2, 0) is 0 Å². The molecule has 0 spiro atoms. The molecular formula is C15H23FN2. The predicted molar refractivity (Wildman–Crippen MR) is 72.9 cm³/mol. The van der Waals surface area contributed by atoms with E-state index >= 15 is 0 Å². The number of nitrogens with two attached hydrogens (primary N) is 1. The molecule has 1 aromatic carbocycles. The summed E-state index contributed by atoms with van der Waals surface area (Å²) < 4.78 is 13.3. The first-order chi connectivity index (χ1) is 8.52. The van der Waals surface area contributed by atoms with E-state index in [2.05, 4.69) is 18.7 Å². The molecule has 18 heavy (non-hydrogen) atoms. The first-order valence-electron chi connectivity index (χ1n) is 6.74. The Hall–Kier alpha value is -0.930. The lowest BCUT2D eigenvalue weighted by Gasteiger charge is -2.31. The van der Waals surface area contributed by atoms with Crippen LogP contribution in [-0.4, -0.2) is 24.0 Å². The second-order valence-corrected chi connectivity index (χ2v) is 5.65. The van der Waals surface area contributed by atoms with Gasteiger partial charge in [0.1, 0.15) is 5.82 Å². The molecule has 1 fully saturated rings. The lowest BCUT2D eigenvalue weighted by atomic mass is 10.0. The molecule has 100 valence electrons. The van der Waals surface area contributed by atoms with E-state index in [1.165, 1.54) is 6.42 Å². The SMILES string of the molecule is Cc1cc(C(CN)N2CC(C)CC2C)ccc1F. The van der Waals surface area contributed by atoms with Gasteiger partial charge in [-0.05, 0) is 43.4 Å². The van der Waals surface area contributed by atoms with Crippen LogP contribution in [0.1, 0.15) is 37.4 Å². The quantitative estimate of drug-likeness (QED) is 0.893. The Morgan fingerprint density at radius 2 is 2.17 bits per heavy atom. The Balaban J connectivity index is 2.25. The van der Waals surface area contributed by atoms with Crippen molar-refractivity contribution < 1.29 is 4.39 Å². The van der Waals surface area contributed by atoms with Crippen LogP contribution in [0.4, 0.5) is 4.39 Å². The summed E-state index contributed by atoms with van der Waals surface area (Å²) in [5.41, 5.74) is 7.78. The van der Waals surface area contributed by atoms with Crippen molar-refractivity contribution in [3.05, 3.63) is 35.1 Å². The summed E-state index contributed by atoms with van der Waals surface area (Å²) in [5.74, 6) is 0.577. The van der Waals surface area contributed by atoms with E-state index < -0.39 is 0 Å². The molecule has 0 radical (unpaired) electrons. The monoisotopic (exact) mass is 250 g/mol. The minimum absolute atomic E-state index is 0.141. The fraction of sp³-hybridized carbons (Fsp3) is 0.600. The van der Waals surface area contributed by atoms with Crippen molar-refractivity contribution in [2.75, 3.05) is 13.1 Å². The smallest absolute Gasteiger partial charge is 0.126 e. The van der Waals surface area contributed by atoms with Crippen molar-refractivity contribution in [2.45, 2.75) is 39.3 Å². The molecule has 3 heteroatoms. The third-order valence-corrected chi connectivity index (χ3v) is 4.02. The molecule has 0 amide bonds. The summed E-state index contributed by atoms with van der Waals surface area (Å²) in [4.78, 5) is 2.46. The number of hydrogen-bond donors (Lipinski definition) is 1. The maximum atomic E-state index is 13.3. The van der Waals surface area contributed by atoms with Crippen LogP contribution in [0.25, 0.3) is 0 Å². The van der Waals surface area contributed by atoms with Crippen molar-refractivity contribution >= 4 is 0 Å². The number of rotatable bonds is 3. The van der Waals surface area contributed by atoms with Gasteiger partial charge in [0.05, 0.1) is 0 Å². The Labute approximate surface area is 109 Å². The van der Waals surface area contributed by atoms with Gasteiger partial charge in [0.2, 0.25) is 0 Å². The van der Waals surface area contributed by atoms with Crippen LogP contribution < -0.4 is 5.73 Å². The summed E-state index contributed by atoms with van der Waals surface area (Å²) in [6.45, 7) is 8.01. The van der Waals surface area contributed by atoms with Crippen molar-refractivity contribution in [1.29, 1.82) is 0 Å². The second kappa shape index (κ2) is 5.37. The van der Waals surface area contributed by atoms with Crippen LogP contribution in [0.2, 0.25) is 0 Å². The molecule has 2 nitrogen and oxygen atoms in total. The van der Waals surface area contributed by atoms with Gasteiger partial charge >= 0.3 is 0 Å². The number of benzene rings is 1. The molecule has 1 saturated heterocycles. The third kappa shape index (κ3) is 2.57. The van der Waals surface area contributed by atoms with E-state index in [-0.39, 0.29) is 11.9 Å². The summed E-state index contributed by atoms with van der Waals surface area (Å²) in [6, 6.07) is 6.12. The topological polar surface area (TPSA) is 29.3 Å². The Kier molecular flexibility index (Phi) is 4.03. The number of likely N-dealkylation sites (tertiary alicyclic amines) is 1. The molecule has 0 bridgehead atoms. The maximum absolute atomic E-state index is 13.3. The number of nitrogens with zero attached hydrogens (tertiary/aromatic N) is 1. The van der Waals surface area contributed by atoms with E-state index in [9.17, 15) is 4.39 Å². The highest BCUT2D eigenvalue weighted by molar-refractivity contribution is 5.27. The molecular weight excluding hydrogens is 227 g/mol. The van der Waals surface area contributed by atoms with Crippen molar-refractivity contribution in [2.24, 2.45) is 11.7 Å². The van der Waals surface area contributed by atoms with Crippen molar-refractivity contribution in [1.82, 2.24) is 4.90 Å². The van der Waals surface area contributed by atoms with Crippen LogP contribution in [0, 0.1) is 18.7 Å². The standard InChI is InChI=1S/C15H23FN2/c1-10-6-12(3)18(9-10)15(8-17)13-4-5-14(16)11(2)7-13/h4-5,7,10,12,15H,6,8-9,17H2,1-3H3. The molecule has 3 unspecified atom stereocenters. The molecule has 1 heterocycles. The van der Waals surface area contributed by atoms with Crippen molar-refractivity contribution in [3.8, 4) is 0 Å². The lowest BCUT2D eigenvalue weighted by Crippen LogP contribution is -2.36. The summed E-state index contributed by atoms with van der Waals surface area (Å²) in [6.07, 6.45) is 1.22. The predicted octanol–water partition coefficient (Wildman–Crippen LogP) is 2.86. The fourth-order valence-corrected chi connectivity index (χ4v) is 3.10. The molecule has 1 aromatic rings. The third-order valence-electron chi connectivity index (χ3n) is 4.02. The van der Waals surface area contributed by atoms with Gasteiger partial charge in [0.25, 0.3) is 0 Å². The lowest BCUT2D eigenvalue weighted by molar-refractivity contribution is 0.192. The number of halogens is 1. The zero-order valence-corrected chi connectivity index (χ0v) is 11.5. The van der Waals surface area contributed by atoms with Gasteiger partial charge in [0.15, 0.2) is 0 Å². The molecule has 1 aliphatic heterocycles. The minimum Gasteiger partial charge on any atom is -0.329 e. The van der Waals surface area contributed by atoms with E-state index in [0.717, 1.165) is 18.0 Å². The zero-order valence-electron chi connectivity index (χ0n) is 11.5. The zero-order chi connectivity index (χ0) is 13.3. The Morgan fingerprint density at radius 1 is 1.44 bits per heavy atom. The average Bonchev–Trinajstić information content (AvgIpc) is 2.64. The van der Waals surface area contributed by atoms with Gasteiger partial charge in [-0.1, -0.05) is 19.1 Å². The Bertz CT molecular complexity index is 419. The molecule has 0 saturated carbocycles. The van der Waals surface area contributed by atoms with Gasteiger partial charge in [-0.15, -0.1) is 0 Å². The minimum atomic E-state index is -0.141. The van der Waals surface area contributed by atoms with Crippen molar-refractivity contribution in [3.63, 3.8) is 0 Å². The van der Waals surface area contributed by atoms with Gasteiger partial charge in [-0.2, -0.15) is 0 Å². The second-order valence-electron chi connectivity index (χ2n) is 5.65. The highest BCUT2D eigenvalue weighted by Gasteiger charge is 2.31. The highest BCUT2D eigenvalue weighted by Crippen LogP contribution is 2.31. The molecule has 2 rings (SSSR count). The van der Waals surface area contributed by atoms with Crippen LogP contribution >= 0.6 is 0 Å². The molecule has 2 N–H and O–H groups in total. The number of hydrogen-bond acceptors (Lipinski definition) is 2. The fourth-order valence-electron chi connectivity index (χ4n) is 3.10. The first kappa shape index (κ1) is 13.5. The normalized spacial score (nSPS) is 26.5. The molecule has 3 atom stereocenters. The Morgan fingerprint density at radius 3 is 2.67 bits per heavy atom. The molecule has 1 aliphatic rings. The van der Waals surface area contributed by atoms with Crippen LogP contribution in [0.5, 0.6) is 0 Å². The van der Waals surface area contributed by atoms with Gasteiger partial charge < -0.3 is 5.73 Å². The summed E-state index contributed by atoms with van der Waals surface area (Å²) >= 11 is 0. The maximum Gasteiger partial charge on any atom is 0.126 e. The van der Waals surface area contributed by atoms with E-state index in [0.29, 0.717) is 18.2 Å². The first-order valence-corrected chi connectivity index (χ1v) is 6.74. The highest BCUT2D eigenvalue weighted by atomic mass is 19.1. The largest absolute Gasteiger partial charge is 0.329 e. The van der Waals surface area contributed by atoms with Gasteiger partial charge in [-0.25, -0.2) is 4.39 Å². The van der Waals surface area contributed by atoms with E-state index in [4.69, 9.17) is 5.73 Å². The van der Waals surface area contributed by atoms with Gasteiger partial charge in [0, 0.05) is 25.2 Å². The number of aryl methyl sites for hydroxylation is 1. The summed E-state index contributed by atoms with van der Waals surface area (Å²) in [5, 5.41) is 0.